The fourth-order valence-electron chi connectivity index (χ4n) is 4.08. The Morgan fingerprint density at radius 2 is 1.97 bits per heavy atom. The Balaban J connectivity index is 1.59. The summed E-state index contributed by atoms with van der Waals surface area (Å²) >= 11 is 0. The number of anilines is 1. The van der Waals surface area contributed by atoms with Crippen molar-refractivity contribution in [3.63, 3.8) is 0 Å². The van der Waals surface area contributed by atoms with Crippen LogP contribution in [0.3, 0.4) is 0 Å². The molecule has 0 bridgehead atoms. The van der Waals surface area contributed by atoms with Crippen LogP contribution in [0.5, 0.6) is 5.75 Å². The summed E-state index contributed by atoms with van der Waals surface area (Å²) in [6.45, 7) is 4.87. The van der Waals surface area contributed by atoms with Gasteiger partial charge in [-0.3, -0.25) is 15.0 Å². The first-order valence-electron chi connectivity index (χ1n) is 11.4. The topological polar surface area (TPSA) is 83.9 Å². The number of rotatable bonds is 7. The smallest absolute Gasteiger partial charge is 0.277 e. The molecule has 4 rings (SSSR count). The standard InChI is InChI=1S/C27H27F2N3O4/c1-5-27(28,29)19-9-6-10-20(15-19)31-25(33)24-17(3)36-26(32(24)34)18-11-12-22(35-4)21(14-18)23-16(2)8-7-13-30-23/h6-15,26,34H,5H2,1-4H3,(H,31,33). The van der Waals surface area contributed by atoms with Crippen molar-refractivity contribution in [1.29, 1.82) is 0 Å². The number of hydrogen-bond acceptors (Lipinski definition) is 6. The fourth-order valence-corrected chi connectivity index (χ4v) is 4.08. The van der Waals surface area contributed by atoms with E-state index >= 15 is 0 Å². The van der Waals surface area contributed by atoms with Crippen molar-refractivity contribution in [2.45, 2.75) is 39.3 Å². The highest BCUT2D eigenvalue weighted by atomic mass is 19.3. The number of amides is 1. The molecule has 36 heavy (non-hydrogen) atoms. The first-order valence-corrected chi connectivity index (χ1v) is 11.4. The van der Waals surface area contributed by atoms with Gasteiger partial charge in [0.25, 0.3) is 11.8 Å². The van der Waals surface area contributed by atoms with Gasteiger partial charge in [-0.15, -0.1) is 0 Å². The van der Waals surface area contributed by atoms with E-state index in [4.69, 9.17) is 9.47 Å². The molecule has 1 amide bonds. The number of benzene rings is 2. The number of halogens is 2. The quantitative estimate of drug-likeness (QED) is 0.409. The number of aryl methyl sites for hydroxylation is 1. The second-order valence-corrected chi connectivity index (χ2v) is 8.44. The Kier molecular flexibility index (Phi) is 6.94. The third kappa shape index (κ3) is 4.74. The minimum atomic E-state index is -3.02. The Labute approximate surface area is 207 Å². The second kappa shape index (κ2) is 9.94. The molecule has 3 aromatic rings. The van der Waals surface area contributed by atoms with Gasteiger partial charge in [0.15, 0.2) is 5.70 Å². The number of aromatic nitrogens is 1. The Morgan fingerprint density at radius 3 is 2.67 bits per heavy atom. The summed E-state index contributed by atoms with van der Waals surface area (Å²) in [5.41, 5.74) is 2.76. The number of alkyl halides is 2. The highest BCUT2D eigenvalue weighted by Gasteiger charge is 2.37. The van der Waals surface area contributed by atoms with Gasteiger partial charge in [0.1, 0.15) is 11.5 Å². The summed E-state index contributed by atoms with van der Waals surface area (Å²) in [7, 11) is 1.56. The van der Waals surface area contributed by atoms with Crippen LogP contribution >= 0.6 is 0 Å². The van der Waals surface area contributed by atoms with Crippen LogP contribution in [-0.4, -0.2) is 28.3 Å². The second-order valence-electron chi connectivity index (χ2n) is 8.44. The van der Waals surface area contributed by atoms with Crippen LogP contribution in [0.2, 0.25) is 0 Å². The molecular formula is C27H27F2N3O4. The molecule has 9 heteroatoms. The van der Waals surface area contributed by atoms with Crippen LogP contribution in [0.1, 0.15) is 43.2 Å². The van der Waals surface area contributed by atoms with E-state index < -0.39 is 18.1 Å². The van der Waals surface area contributed by atoms with Gasteiger partial charge in [-0.05, 0) is 55.8 Å². The highest BCUT2D eigenvalue weighted by molar-refractivity contribution is 6.03. The van der Waals surface area contributed by atoms with Crippen molar-refractivity contribution >= 4 is 11.6 Å². The average Bonchev–Trinajstić information content (AvgIpc) is 3.17. The molecule has 7 nitrogen and oxygen atoms in total. The molecule has 0 spiro atoms. The van der Waals surface area contributed by atoms with E-state index in [2.05, 4.69) is 10.3 Å². The maximum absolute atomic E-state index is 14.1. The molecule has 0 saturated heterocycles. The van der Waals surface area contributed by atoms with Gasteiger partial charge in [0, 0.05) is 35.0 Å². The van der Waals surface area contributed by atoms with Crippen molar-refractivity contribution in [3.8, 4) is 17.0 Å². The lowest BCUT2D eigenvalue weighted by molar-refractivity contribution is -0.157. The van der Waals surface area contributed by atoms with Crippen molar-refractivity contribution in [2.75, 3.05) is 12.4 Å². The van der Waals surface area contributed by atoms with Crippen LogP contribution in [0, 0.1) is 6.92 Å². The highest BCUT2D eigenvalue weighted by Crippen LogP contribution is 2.40. The van der Waals surface area contributed by atoms with Crippen LogP contribution < -0.4 is 10.1 Å². The largest absolute Gasteiger partial charge is 0.496 e. The van der Waals surface area contributed by atoms with Gasteiger partial charge in [-0.25, -0.2) is 13.8 Å². The Morgan fingerprint density at radius 1 is 1.19 bits per heavy atom. The first-order chi connectivity index (χ1) is 17.2. The van der Waals surface area contributed by atoms with Gasteiger partial charge in [-0.2, -0.15) is 0 Å². The van der Waals surface area contributed by atoms with Crippen molar-refractivity contribution in [2.24, 2.45) is 0 Å². The van der Waals surface area contributed by atoms with Gasteiger partial charge < -0.3 is 14.8 Å². The zero-order valence-corrected chi connectivity index (χ0v) is 20.4. The number of carbonyl (C=O) groups is 1. The predicted octanol–water partition coefficient (Wildman–Crippen LogP) is 6.16. The summed E-state index contributed by atoms with van der Waals surface area (Å²) in [6.07, 6.45) is 0.310. The predicted molar refractivity (Wildman–Crippen MR) is 130 cm³/mol. The molecular weight excluding hydrogens is 468 g/mol. The number of hydrogen-bond donors (Lipinski definition) is 2. The van der Waals surface area contributed by atoms with Gasteiger partial charge >= 0.3 is 0 Å². The molecule has 1 unspecified atom stereocenters. The molecule has 1 atom stereocenters. The molecule has 1 aliphatic rings. The monoisotopic (exact) mass is 495 g/mol. The van der Waals surface area contributed by atoms with Gasteiger partial charge in [-0.1, -0.05) is 25.1 Å². The van der Waals surface area contributed by atoms with Crippen molar-refractivity contribution in [3.05, 3.63) is 88.9 Å². The van der Waals surface area contributed by atoms with E-state index in [9.17, 15) is 18.8 Å². The summed E-state index contributed by atoms with van der Waals surface area (Å²) in [6, 6.07) is 14.5. The first kappa shape index (κ1) is 25.1. The van der Waals surface area contributed by atoms with E-state index in [1.165, 1.54) is 31.2 Å². The number of ether oxygens (including phenoxy) is 2. The minimum Gasteiger partial charge on any atom is -0.496 e. The zero-order valence-electron chi connectivity index (χ0n) is 20.4. The summed E-state index contributed by atoms with van der Waals surface area (Å²) in [5, 5.41) is 14.2. The molecule has 1 aromatic heterocycles. The molecule has 0 fully saturated rings. The number of carbonyl (C=O) groups excluding carboxylic acids is 1. The number of allylic oxidation sites excluding steroid dienone is 1. The Hall–Kier alpha value is -3.98. The number of hydroxylamine groups is 2. The Bertz CT molecular complexity index is 1330. The van der Waals surface area contributed by atoms with Crippen LogP contribution in [-0.2, 0) is 15.5 Å². The third-order valence-electron chi connectivity index (χ3n) is 6.05. The molecule has 0 aliphatic carbocycles. The number of methoxy groups -OCH3 is 1. The normalized spacial score (nSPS) is 15.6. The molecule has 2 aromatic carbocycles. The van der Waals surface area contributed by atoms with E-state index in [1.807, 2.05) is 19.1 Å². The van der Waals surface area contributed by atoms with Crippen molar-refractivity contribution in [1.82, 2.24) is 10.0 Å². The molecule has 188 valence electrons. The van der Waals surface area contributed by atoms with Crippen LogP contribution in [0.15, 0.2) is 72.3 Å². The fraction of sp³-hybridized carbons (Fsp3) is 0.259. The van der Waals surface area contributed by atoms with Gasteiger partial charge in [0.05, 0.1) is 12.8 Å². The third-order valence-corrected chi connectivity index (χ3v) is 6.05. The summed E-state index contributed by atoms with van der Waals surface area (Å²) in [4.78, 5) is 17.5. The number of nitrogens with one attached hydrogen (secondary N) is 1. The van der Waals surface area contributed by atoms with Gasteiger partial charge in [0.2, 0.25) is 6.23 Å². The SMILES string of the molecule is CCC(F)(F)c1cccc(NC(=O)C2=C(C)OC(c3ccc(OC)c(-c4ncccc4C)c3)N2O)c1. The van der Waals surface area contributed by atoms with E-state index in [0.717, 1.165) is 10.6 Å². The maximum Gasteiger partial charge on any atom is 0.277 e. The molecule has 2 heterocycles. The molecule has 0 saturated carbocycles. The van der Waals surface area contributed by atoms with E-state index in [-0.39, 0.29) is 29.1 Å². The average molecular weight is 496 g/mol. The maximum atomic E-state index is 14.1. The number of nitrogens with zero attached hydrogens (tertiary/aromatic N) is 2. The summed E-state index contributed by atoms with van der Waals surface area (Å²) in [5.74, 6) is -2.93. The number of pyridine rings is 1. The lowest BCUT2D eigenvalue weighted by Crippen LogP contribution is -2.28. The molecule has 0 radical (unpaired) electrons. The summed E-state index contributed by atoms with van der Waals surface area (Å²) < 4.78 is 39.5. The minimum absolute atomic E-state index is 0.126. The molecule has 1 aliphatic heterocycles. The van der Waals surface area contributed by atoms with Crippen molar-refractivity contribution < 1.29 is 28.3 Å². The van der Waals surface area contributed by atoms with Crippen LogP contribution in [0.25, 0.3) is 11.3 Å². The molecule has 2 N–H and O–H groups in total. The lowest BCUT2D eigenvalue weighted by Gasteiger charge is -2.22. The lowest BCUT2D eigenvalue weighted by atomic mass is 10.0. The zero-order chi connectivity index (χ0) is 26.0. The van der Waals surface area contributed by atoms with Crippen LogP contribution in [0.4, 0.5) is 14.5 Å². The van der Waals surface area contributed by atoms with E-state index in [1.54, 1.807) is 38.4 Å². The van der Waals surface area contributed by atoms with E-state index in [0.29, 0.717) is 22.6 Å².